The first kappa shape index (κ1) is 18.0. The zero-order chi connectivity index (χ0) is 17.5. The van der Waals surface area contributed by atoms with Crippen LogP contribution in [0.4, 0.5) is 0 Å². The molecule has 0 radical (unpaired) electrons. The van der Waals surface area contributed by atoms with Crippen LogP contribution in [0.25, 0.3) is 0 Å². The van der Waals surface area contributed by atoms with E-state index in [9.17, 15) is 14.4 Å². The maximum absolute atomic E-state index is 12.2. The molecule has 1 heterocycles. The van der Waals surface area contributed by atoms with E-state index in [-0.39, 0.29) is 17.4 Å². The van der Waals surface area contributed by atoms with Gasteiger partial charge in [0.25, 0.3) is 5.91 Å². The molecular formula is C18H24N2O4. The third kappa shape index (κ3) is 5.08. The number of rotatable bonds is 6. The fourth-order valence-corrected chi connectivity index (χ4v) is 2.89. The van der Waals surface area contributed by atoms with Crippen LogP contribution >= 0.6 is 0 Å². The average Bonchev–Trinajstić information content (AvgIpc) is 2.75. The van der Waals surface area contributed by atoms with Crippen molar-refractivity contribution in [3.05, 3.63) is 34.9 Å². The Kier molecular flexibility index (Phi) is 6.35. The SMILES string of the molecule is Cc1cc(C(=O)O)cc(C(=O)NCCCN2CCCCCC2=O)c1. The van der Waals surface area contributed by atoms with Gasteiger partial charge in [0.05, 0.1) is 5.56 Å². The Morgan fingerprint density at radius 1 is 1.17 bits per heavy atom. The number of likely N-dealkylation sites (tertiary alicyclic amines) is 1. The number of carbonyl (C=O) groups excluding carboxylic acids is 2. The van der Waals surface area contributed by atoms with E-state index in [4.69, 9.17) is 5.11 Å². The summed E-state index contributed by atoms with van der Waals surface area (Å²) < 4.78 is 0. The van der Waals surface area contributed by atoms with Gasteiger partial charge in [-0.2, -0.15) is 0 Å². The molecule has 0 spiro atoms. The monoisotopic (exact) mass is 332 g/mol. The number of nitrogens with one attached hydrogen (secondary N) is 1. The maximum atomic E-state index is 12.2. The van der Waals surface area contributed by atoms with Crippen LogP contribution in [-0.4, -0.2) is 47.4 Å². The van der Waals surface area contributed by atoms with Crippen molar-refractivity contribution in [2.75, 3.05) is 19.6 Å². The van der Waals surface area contributed by atoms with Crippen LogP contribution in [0.15, 0.2) is 18.2 Å². The highest BCUT2D eigenvalue weighted by molar-refractivity contribution is 5.97. The fraction of sp³-hybridized carbons (Fsp3) is 0.500. The predicted molar refractivity (Wildman–Crippen MR) is 90.1 cm³/mol. The van der Waals surface area contributed by atoms with Crippen molar-refractivity contribution in [3.8, 4) is 0 Å². The lowest BCUT2D eigenvalue weighted by molar-refractivity contribution is -0.130. The summed E-state index contributed by atoms with van der Waals surface area (Å²) in [6, 6.07) is 4.58. The normalized spacial score (nSPS) is 15.0. The zero-order valence-corrected chi connectivity index (χ0v) is 14.0. The molecule has 24 heavy (non-hydrogen) atoms. The second-order valence-corrected chi connectivity index (χ2v) is 6.19. The van der Waals surface area contributed by atoms with E-state index in [0.29, 0.717) is 31.5 Å². The van der Waals surface area contributed by atoms with Crippen molar-refractivity contribution in [3.63, 3.8) is 0 Å². The molecule has 1 aromatic rings. The van der Waals surface area contributed by atoms with Crippen molar-refractivity contribution in [2.45, 2.75) is 39.0 Å². The molecule has 0 aliphatic carbocycles. The number of carboxylic acid groups (broad SMARTS) is 1. The molecule has 0 aromatic heterocycles. The first-order valence-corrected chi connectivity index (χ1v) is 8.38. The second kappa shape index (κ2) is 8.47. The van der Waals surface area contributed by atoms with Crippen LogP contribution in [0.1, 0.15) is 58.4 Å². The van der Waals surface area contributed by atoms with Gasteiger partial charge in [-0.15, -0.1) is 0 Å². The molecule has 0 saturated carbocycles. The molecule has 6 nitrogen and oxygen atoms in total. The molecule has 130 valence electrons. The van der Waals surface area contributed by atoms with Gasteiger partial charge in [0.2, 0.25) is 5.91 Å². The van der Waals surface area contributed by atoms with Crippen LogP contribution in [0.2, 0.25) is 0 Å². The lowest BCUT2D eigenvalue weighted by atomic mass is 10.1. The molecule has 1 aliphatic heterocycles. The van der Waals surface area contributed by atoms with Gasteiger partial charge in [-0.25, -0.2) is 4.79 Å². The van der Waals surface area contributed by atoms with Gasteiger partial charge in [0.1, 0.15) is 0 Å². The van der Waals surface area contributed by atoms with E-state index in [1.165, 1.54) is 12.1 Å². The summed E-state index contributed by atoms with van der Waals surface area (Å²) in [4.78, 5) is 37.0. The molecule has 6 heteroatoms. The number of hydrogen-bond acceptors (Lipinski definition) is 3. The van der Waals surface area contributed by atoms with E-state index in [1.54, 1.807) is 13.0 Å². The average molecular weight is 332 g/mol. The Morgan fingerprint density at radius 3 is 2.67 bits per heavy atom. The van der Waals surface area contributed by atoms with E-state index >= 15 is 0 Å². The highest BCUT2D eigenvalue weighted by atomic mass is 16.4. The van der Waals surface area contributed by atoms with Gasteiger partial charge in [-0.1, -0.05) is 6.42 Å². The Labute approximate surface area is 141 Å². The van der Waals surface area contributed by atoms with Crippen molar-refractivity contribution in [1.29, 1.82) is 0 Å². The summed E-state index contributed by atoms with van der Waals surface area (Å²) in [5.41, 5.74) is 1.18. The Morgan fingerprint density at radius 2 is 1.92 bits per heavy atom. The number of hydrogen-bond donors (Lipinski definition) is 2. The summed E-state index contributed by atoms with van der Waals surface area (Å²) in [5.74, 6) is -1.14. The lowest BCUT2D eigenvalue weighted by Gasteiger charge is -2.20. The van der Waals surface area contributed by atoms with E-state index in [2.05, 4.69) is 5.32 Å². The number of aromatic carboxylic acids is 1. The van der Waals surface area contributed by atoms with E-state index in [0.717, 1.165) is 31.4 Å². The zero-order valence-electron chi connectivity index (χ0n) is 14.0. The summed E-state index contributed by atoms with van der Waals surface area (Å²) >= 11 is 0. The molecular weight excluding hydrogens is 308 g/mol. The maximum Gasteiger partial charge on any atom is 0.335 e. The van der Waals surface area contributed by atoms with Gasteiger partial charge < -0.3 is 15.3 Å². The largest absolute Gasteiger partial charge is 0.478 e. The van der Waals surface area contributed by atoms with Crippen molar-refractivity contribution in [2.24, 2.45) is 0 Å². The smallest absolute Gasteiger partial charge is 0.335 e. The summed E-state index contributed by atoms with van der Waals surface area (Å²) in [7, 11) is 0. The Bertz CT molecular complexity index is 627. The van der Waals surface area contributed by atoms with Gasteiger partial charge in [0.15, 0.2) is 0 Å². The minimum absolute atomic E-state index is 0.107. The van der Waals surface area contributed by atoms with Crippen LogP contribution in [0.3, 0.4) is 0 Å². The molecule has 2 amide bonds. The summed E-state index contributed by atoms with van der Waals surface area (Å²) in [6.07, 6.45) is 4.41. The first-order chi connectivity index (χ1) is 11.5. The molecule has 1 saturated heterocycles. The van der Waals surface area contributed by atoms with Gasteiger partial charge in [-0.05, 0) is 49.9 Å². The van der Waals surface area contributed by atoms with Gasteiger partial charge >= 0.3 is 5.97 Å². The number of nitrogens with zero attached hydrogens (tertiary/aromatic N) is 1. The fourth-order valence-electron chi connectivity index (χ4n) is 2.89. The third-order valence-electron chi connectivity index (χ3n) is 4.15. The van der Waals surface area contributed by atoms with Crippen molar-refractivity contribution < 1.29 is 19.5 Å². The topological polar surface area (TPSA) is 86.7 Å². The number of carboxylic acids is 1. The first-order valence-electron chi connectivity index (χ1n) is 8.38. The molecule has 1 aromatic carbocycles. The second-order valence-electron chi connectivity index (χ2n) is 6.19. The quantitative estimate of drug-likeness (QED) is 0.782. The van der Waals surface area contributed by atoms with Gasteiger partial charge in [-0.3, -0.25) is 9.59 Å². The predicted octanol–water partition coefficient (Wildman–Crippen LogP) is 2.22. The van der Waals surface area contributed by atoms with E-state index in [1.807, 2.05) is 4.90 Å². The molecule has 1 fully saturated rings. The molecule has 2 rings (SSSR count). The van der Waals surface area contributed by atoms with Gasteiger partial charge in [0, 0.05) is 31.6 Å². The van der Waals surface area contributed by atoms with Crippen LogP contribution < -0.4 is 5.32 Å². The third-order valence-corrected chi connectivity index (χ3v) is 4.15. The minimum Gasteiger partial charge on any atom is -0.478 e. The highest BCUT2D eigenvalue weighted by Gasteiger charge is 2.16. The van der Waals surface area contributed by atoms with E-state index < -0.39 is 5.97 Å². The highest BCUT2D eigenvalue weighted by Crippen LogP contribution is 2.12. The van der Waals surface area contributed by atoms with Crippen LogP contribution in [-0.2, 0) is 4.79 Å². The number of amides is 2. The molecule has 0 unspecified atom stereocenters. The number of benzene rings is 1. The standard InChI is InChI=1S/C18H24N2O4/c1-13-10-14(12-15(11-13)18(23)24)17(22)19-7-5-9-20-8-4-2-3-6-16(20)21/h10-12H,2-9H2,1H3,(H,19,22)(H,23,24). The molecule has 1 aliphatic rings. The van der Waals surface area contributed by atoms with Crippen molar-refractivity contribution >= 4 is 17.8 Å². The minimum atomic E-state index is -1.05. The number of carbonyl (C=O) groups is 3. The number of aryl methyl sites for hydroxylation is 1. The Hall–Kier alpha value is -2.37. The summed E-state index contributed by atoms with van der Waals surface area (Å²) in [6.45, 7) is 3.66. The van der Waals surface area contributed by atoms with Crippen LogP contribution in [0.5, 0.6) is 0 Å². The summed E-state index contributed by atoms with van der Waals surface area (Å²) in [5, 5.41) is 11.8. The molecule has 0 bridgehead atoms. The lowest BCUT2D eigenvalue weighted by Crippen LogP contribution is -2.34. The molecule has 2 N–H and O–H groups in total. The van der Waals surface area contributed by atoms with Crippen molar-refractivity contribution in [1.82, 2.24) is 10.2 Å². The van der Waals surface area contributed by atoms with Crippen LogP contribution in [0, 0.1) is 6.92 Å². The Balaban J connectivity index is 1.83. The molecule has 0 atom stereocenters.